The van der Waals surface area contributed by atoms with Crippen molar-refractivity contribution in [3.8, 4) is 11.4 Å². The molecule has 0 saturated carbocycles. The van der Waals surface area contributed by atoms with E-state index >= 15 is 0 Å². The molecule has 0 saturated heterocycles. The Morgan fingerprint density at radius 1 is 1.33 bits per heavy atom. The standard InChI is InChI=1S/C18H16Cl2N4OS2/c1-3-6-24-17(12-7-11(2)26-9-12)22-23-18(24)27-10-16(25)21-13-4-5-14(19)15(20)8-13/h3-5,7-9H,1,6,10H2,2H3,(H,21,25). The van der Waals surface area contributed by atoms with Gasteiger partial charge in [0, 0.05) is 28.1 Å². The number of halogens is 2. The maximum Gasteiger partial charge on any atom is 0.234 e. The topological polar surface area (TPSA) is 59.8 Å². The number of thiophene rings is 1. The van der Waals surface area contributed by atoms with E-state index in [2.05, 4.69) is 28.2 Å². The van der Waals surface area contributed by atoms with Gasteiger partial charge in [-0.2, -0.15) is 0 Å². The molecule has 1 N–H and O–H groups in total. The molecule has 0 radical (unpaired) electrons. The second-order valence-corrected chi connectivity index (χ2v) is 8.49. The molecule has 3 aromatic rings. The number of rotatable bonds is 7. The van der Waals surface area contributed by atoms with Gasteiger partial charge in [-0.3, -0.25) is 9.36 Å². The van der Waals surface area contributed by atoms with E-state index in [9.17, 15) is 4.79 Å². The van der Waals surface area contributed by atoms with Crippen molar-refractivity contribution in [3.05, 3.63) is 57.2 Å². The van der Waals surface area contributed by atoms with Gasteiger partial charge < -0.3 is 5.32 Å². The zero-order chi connectivity index (χ0) is 19.4. The molecule has 0 spiro atoms. The molecule has 0 fully saturated rings. The lowest BCUT2D eigenvalue weighted by molar-refractivity contribution is -0.113. The fourth-order valence-corrected chi connectivity index (χ4v) is 4.09. The molecule has 0 aliphatic rings. The highest BCUT2D eigenvalue weighted by molar-refractivity contribution is 7.99. The van der Waals surface area contributed by atoms with E-state index in [1.807, 2.05) is 16.9 Å². The molecule has 5 nitrogen and oxygen atoms in total. The van der Waals surface area contributed by atoms with Gasteiger partial charge >= 0.3 is 0 Å². The van der Waals surface area contributed by atoms with Gasteiger partial charge in [0.05, 0.1) is 15.8 Å². The average molecular weight is 439 g/mol. The van der Waals surface area contributed by atoms with E-state index in [4.69, 9.17) is 23.2 Å². The highest BCUT2D eigenvalue weighted by Crippen LogP contribution is 2.28. The van der Waals surface area contributed by atoms with Crippen LogP contribution < -0.4 is 5.32 Å². The third-order valence-electron chi connectivity index (χ3n) is 3.55. The smallest absolute Gasteiger partial charge is 0.234 e. The SMILES string of the molecule is C=CCn1c(SCC(=O)Nc2ccc(Cl)c(Cl)c2)nnc1-c1csc(C)c1. The molecule has 0 aliphatic carbocycles. The number of hydrogen-bond acceptors (Lipinski definition) is 5. The molecule has 0 atom stereocenters. The Morgan fingerprint density at radius 2 is 2.15 bits per heavy atom. The first kappa shape index (κ1) is 19.9. The van der Waals surface area contributed by atoms with Crippen LogP contribution in [-0.4, -0.2) is 26.4 Å². The Bertz CT molecular complexity index is 984. The van der Waals surface area contributed by atoms with Crippen LogP contribution in [0.3, 0.4) is 0 Å². The third kappa shape index (κ3) is 4.93. The van der Waals surface area contributed by atoms with Crippen molar-refractivity contribution in [1.29, 1.82) is 0 Å². The van der Waals surface area contributed by atoms with E-state index in [1.165, 1.54) is 16.6 Å². The number of carbonyl (C=O) groups is 1. The summed E-state index contributed by atoms with van der Waals surface area (Å²) in [6.45, 7) is 6.41. The second kappa shape index (κ2) is 8.93. The molecule has 0 unspecified atom stereocenters. The molecule has 27 heavy (non-hydrogen) atoms. The maximum absolute atomic E-state index is 12.2. The van der Waals surface area contributed by atoms with Crippen LogP contribution in [0.4, 0.5) is 5.69 Å². The number of amides is 1. The number of aromatic nitrogens is 3. The van der Waals surface area contributed by atoms with Crippen LogP contribution >= 0.6 is 46.3 Å². The number of allylic oxidation sites excluding steroid dienone is 1. The molecule has 2 aromatic heterocycles. The minimum absolute atomic E-state index is 0.167. The Hall–Kier alpha value is -1.80. The highest BCUT2D eigenvalue weighted by Gasteiger charge is 2.16. The molecule has 1 amide bonds. The monoisotopic (exact) mass is 438 g/mol. The van der Waals surface area contributed by atoms with Crippen LogP contribution in [0.5, 0.6) is 0 Å². The summed E-state index contributed by atoms with van der Waals surface area (Å²) in [5.74, 6) is 0.796. The molecule has 140 valence electrons. The lowest BCUT2D eigenvalue weighted by Gasteiger charge is -2.08. The van der Waals surface area contributed by atoms with Crippen molar-refractivity contribution in [3.63, 3.8) is 0 Å². The van der Waals surface area contributed by atoms with Gasteiger partial charge in [-0.25, -0.2) is 0 Å². The van der Waals surface area contributed by atoms with Crippen molar-refractivity contribution in [2.75, 3.05) is 11.1 Å². The summed E-state index contributed by atoms with van der Waals surface area (Å²) in [4.78, 5) is 13.4. The average Bonchev–Trinajstić information content (AvgIpc) is 3.23. The number of carbonyl (C=O) groups excluding carboxylic acids is 1. The van der Waals surface area contributed by atoms with Crippen LogP contribution in [0, 0.1) is 6.92 Å². The lowest BCUT2D eigenvalue weighted by Crippen LogP contribution is -2.14. The van der Waals surface area contributed by atoms with Crippen LogP contribution in [0.2, 0.25) is 10.0 Å². The van der Waals surface area contributed by atoms with E-state index < -0.39 is 0 Å². The first-order valence-corrected chi connectivity index (χ1v) is 10.6. The maximum atomic E-state index is 12.2. The zero-order valence-corrected chi connectivity index (χ0v) is 17.6. The van der Waals surface area contributed by atoms with Crippen LogP contribution in [-0.2, 0) is 11.3 Å². The van der Waals surface area contributed by atoms with Gasteiger partial charge in [0.1, 0.15) is 0 Å². The van der Waals surface area contributed by atoms with Crippen LogP contribution in [0.1, 0.15) is 4.88 Å². The van der Waals surface area contributed by atoms with Gasteiger partial charge in [0.2, 0.25) is 5.91 Å². The normalized spacial score (nSPS) is 10.8. The summed E-state index contributed by atoms with van der Waals surface area (Å²) in [6.07, 6.45) is 1.78. The molecular formula is C18H16Cl2N4OS2. The Morgan fingerprint density at radius 3 is 2.81 bits per heavy atom. The number of thioether (sulfide) groups is 1. The Balaban J connectivity index is 1.69. The fourth-order valence-electron chi connectivity index (χ4n) is 2.36. The summed E-state index contributed by atoms with van der Waals surface area (Å²) >= 11 is 14.8. The van der Waals surface area contributed by atoms with Gasteiger partial charge in [-0.1, -0.05) is 41.0 Å². The van der Waals surface area contributed by atoms with Crippen molar-refractivity contribution in [1.82, 2.24) is 14.8 Å². The highest BCUT2D eigenvalue weighted by atomic mass is 35.5. The fraction of sp³-hybridized carbons (Fsp3) is 0.167. The molecule has 2 heterocycles. The summed E-state index contributed by atoms with van der Waals surface area (Å²) in [5, 5.41) is 14.9. The van der Waals surface area contributed by atoms with Gasteiger partial charge in [-0.05, 0) is 31.2 Å². The van der Waals surface area contributed by atoms with Gasteiger partial charge in [0.25, 0.3) is 0 Å². The summed E-state index contributed by atoms with van der Waals surface area (Å²) < 4.78 is 1.95. The number of nitrogens with one attached hydrogen (secondary N) is 1. The quantitative estimate of drug-likeness (QED) is 0.388. The minimum atomic E-state index is -0.167. The van der Waals surface area contributed by atoms with Crippen molar-refractivity contribution < 1.29 is 4.79 Å². The second-order valence-electron chi connectivity index (χ2n) is 5.62. The van der Waals surface area contributed by atoms with E-state index in [0.717, 1.165) is 11.4 Å². The molecular weight excluding hydrogens is 423 g/mol. The number of anilines is 1. The first-order valence-electron chi connectivity index (χ1n) is 7.95. The van der Waals surface area contributed by atoms with Crippen molar-refractivity contribution in [2.45, 2.75) is 18.6 Å². The van der Waals surface area contributed by atoms with E-state index in [-0.39, 0.29) is 11.7 Å². The summed E-state index contributed by atoms with van der Waals surface area (Å²) in [5.41, 5.74) is 1.61. The predicted molar refractivity (Wildman–Crippen MR) is 114 cm³/mol. The van der Waals surface area contributed by atoms with Crippen LogP contribution in [0.25, 0.3) is 11.4 Å². The third-order valence-corrected chi connectivity index (χ3v) is 6.12. The molecule has 1 aromatic carbocycles. The number of aryl methyl sites for hydroxylation is 1. The number of benzene rings is 1. The van der Waals surface area contributed by atoms with Crippen molar-refractivity contribution >= 4 is 57.9 Å². The number of hydrogen-bond donors (Lipinski definition) is 1. The summed E-state index contributed by atoms with van der Waals surface area (Å²) in [7, 11) is 0. The van der Waals surface area contributed by atoms with Gasteiger partial charge in [0.15, 0.2) is 11.0 Å². The van der Waals surface area contributed by atoms with E-state index in [1.54, 1.807) is 35.6 Å². The molecule has 9 heteroatoms. The summed E-state index contributed by atoms with van der Waals surface area (Å²) in [6, 6.07) is 7.03. The minimum Gasteiger partial charge on any atom is -0.325 e. The Labute approximate surface area is 175 Å². The van der Waals surface area contributed by atoms with E-state index in [0.29, 0.717) is 27.4 Å². The Kier molecular flexibility index (Phi) is 6.59. The van der Waals surface area contributed by atoms with Gasteiger partial charge in [-0.15, -0.1) is 28.1 Å². The molecule has 3 rings (SSSR count). The van der Waals surface area contributed by atoms with Crippen LogP contribution in [0.15, 0.2) is 47.5 Å². The lowest BCUT2D eigenvalue weighted by atomic mass is 10.3. The predicted octanol–water partition coefficient (Wildman–Crippen LogP) is 5.54. The zero-order valence-electron chi connectivity index (χ0n) is 14.4. The number of nitrogens with zero attached hydrogens (tertiary/aromatic N) is 3. The molecule has 0 aliphatic heterocycles. The first-order chi connectivity index (χ1) is 13.0. The largest absolute Gasteiger partial charge is 0.325 e. The molecule has 0 bridgehead atoms. The van der Waals surface area contributed by atoms with Crippen molar-refractivity contribution in [2.24, 2.45) is 0 Å².